The van der Waals surface area contributed by atoms with Gasteiger partial charge in [-0.2, -0.15) is 5.26 Å². The molecular weight excluding hydrogens is 320 g/mol. The summed E-state index contributed by atoms with van der Waals surface area (Å²) in [6, 6.07) is 18.6. The van der Waals surface area contributed by atoms with Crippen LogP contribution in [0.3, 0.4) is 0 Å². The van der Waals surface area contributed by atoms with Gasteiger partial charge in [-0.25, -0.2) is 4.98 Å². The van der Waals surface area contributed by atoms with E-state index < -0.39 is 0 Å². The average molecular weight is 342 g/mol. The van der Waals surface area contributed by atoms with E-state index in [1.54, 1.807) is 0 Å². The Morgan fingerprint density at radius 2 is 1.73 bits per heavy atom. The number of hydrogen-bond acceptors (Lipinski definition) is 3. The van der Waals surface area contributed by atoms with E-state index in [9.17, 15) is 5.26 Å². The third-order valence-corrected chi connectivity index (χ3v) is 4.94. The number of aromatic nitrogens is 2. The lowest BCUT2D eigenvalue weighted by Gasteiger charge is -2.22. The van der Waals surface area contributed by atoms with Crippen LogP contribution >= 0.6 is 0 Å². The zero-order valence-corrected chi connectivity index (χ0v) is 14.8. The standard InChI is InChI=1S/C22H22N4/c23-16-18(22-24-20-7-3-4-8-21(20)25-22)15-17-9-11-19(12-10-17)26-13-5-1-2-6-14-26/h3-4,7-12,15H,1-2,5-6,13-14H2,(H,24,25)/b18-15-. The highest BCUT2D eigenvalue weighted by Crippen LogP contribution is 2.23. The average Bonchev–Trinajstić information content (AvgIpc) is 2.92. The summed E-state index contributed by atoms with van der Waals surface area (Å²) in [4.78, 5) is 10.2. The van der Waals surface area contributed by atoms with Gasteiger partial charge in [-0.05, 0) is 48.7 Å². The van der Waals surface area contributed by atoms with E-state index in [-0.39, 0.29) is 0 Å². The van der Waals surface area contributed by atoms with Crippen molar-refractivity contribution in [2.24, 2.45) is 0 Å². The molecule has 4 heteroatoms. The quantitative estimate of drug-likeness (QED) is 0.681. The number of nitriles is 1. The molecule has 1 N–H and O–H groups in total. The maximum absolute atomic E-state index is 9.57. The molecule has 4 nitrogen and oxygen atoms in total. The third kappa shape index (κ3) is 3.48. The Morgan fingerprint density at radius 3 is 2.42 bits per heavy atom. The number of rotatable bonds is 3. The number of para-hydroxylation sites is 2. The molecule has 4 rings (SSSR count). The Kier molecular flexibility index (Phi) is 4.70. The fourth-order valence-corrected chi connectivity index (χ4v) is 3.51. The number of imidazole rings is 1. The molecule has 3 aromatic rings. The van der Waals surface area contributed by atoms with Gasteiger partial charge in [-0.1, -0.05) is 37.1 Å². The molecule has 26 heavy (non-hydrogen) atoms. The van der Waals surface area contributed by atoms with Crippen molar-refractivity contribution in [1.29, 1.82) is 5.26 Å². The maximum atomic E-state index is 9.57. The van der Waals surface area contributed by atoms with Gasteiger partial charge in [0.05, 0.1) is 16.6 Å². The highest BCUT2D eigenvalue weighted by Gasteiger charge is 2.10. The van der Waals surface area contributed by atoms with Crippen LogP contribution in [0.5, 0.6) is 0 Å². The summed E-state index contributed by atoms with van der Waals surface area (Å²) in [7, 11) is 0. The minimum Gasteiger partial charge on any atom is -0.372 e. The Morgan fingerprint density at radius 1 is 1.00 bits per heavy atom. The van der Waals surface area contributed by atoms with Gasteiger partial charge in [-0.15, -0.1) is 0 Å². The fourth-order valence-electron chi connectivity index (χ4n) is 3.51. The fraction of sp³-hybridized carbons (Fsp3) is 0.273. The summed E-state index contributed by atoms with van der Waals surface area (Å²) in [5.74, 6) is 0.616. The molecule has 0 spiro atoms. The van der Waals surface area contributed by atoms with Gasteiger partial charge in [0.2, 0.25) is 0 Å². The number of fused-ring (bicyclic) bond motifs is 1. The lowest BCUT2D eigenvalue weighted by molar-refractivity contribution is 0.726. The van der Waals surface area contributed by atoms with Crippen molar-refractivity contribution in [3.05, 3.63) is 59.9 Å². The number of allylic oxidation sites excluding steroid dienone is 1. The van der Waals surface area contributed by atoms with E-state index in [0.29, 0.717) is 11.4 Å². The number of benzene rings is 2. The predicted octanol–water partition coefficient (Wildman–Crippen LogP) is 5.01. The molecule has 1 aliphatic heterocycles. The van der Waals surface area contributed by atoms with E-state index >= 15 is 0 Å². The first kappa shape index (κ1) is 16.4. The van der Waals surface area contributed by atoms with E-state index in [4.69, 9.17) is 0 Å². The van der Waals surface area contributed by atoms with Gasteiger partial charge < -0.3 is 9.88 Å². The molecule has 0 aliphatic carbocycles. The zero-order chi connectivity index (χ0) is 17.8. The summed E-state index contributed by atoms with van der Waals surface area (Å²) >= 11 is 0. The van der Waals surface area contributed by atoms with Gasteiger partial charge in [0, 0.05) is 18.8 Å². The van der Waals surface area contributed by atoms with Crippen LogP contribution in [-0.4, -0.2) is 23.1 Å². The van der Waals surface area contributed by atoms with Crippen molar-refractivity contribution in [1.82, 2.24) is 9.97 Å². The predicted molar refractivity (Wildman–Crippen MR) is 107 cm³/mol. The van der Waals surface area contributed by atoms with Gasteiger partial charge in [0.1, 0.15) is 11.9 Å². The lowest BCUT2D eigenvalue weighted by Crippen LogP contribution is -2.23. The summed E-state index contributed by atoms with van der Waals surface area (Å²) in [6.45, 7) is 2.27. The minimum absolute atomic E-state index is 0.545. The number of H-pyrrole nitrogens is 1. The Hall–Kier alpha value is -3.06. The SMILES string of the molecule is N#C/C(=C/c1ccc(N2CCCCCC2)cc1)c1nc2ccccc2[nH]1. The number of anilines is 1. The normalized spacial score (nSPS) is 15.7. The van der Waals surface area contributed by atoms with Crippen LogP contribution < -0.4 is 4.90 Å². The van der Waals surface area contributed by atoms with E-state index in [2.05, 4.69) is 45.2 Å². The molecule has 0 unspecified atom stereocenters. The molecule has 1 saturated heterocycles. The van der Waals surface area contributed by atoms with Gasteiger partial charge in [0.25, 0.3) is 0 Å². The van der Waals surface area contributed by atoms with Crippen LogP contribution in [0.25, 0.3) is 22.7 Å². The van der Waals surface area contributed by atoms with Gasteiger partial charge in [0.15, 0.2) is 0 Å². The Bertz CT molecular complexity index is 919. The summed E-state index contributed by atoms with van der Waals surface area (Å²) in [5.41, 5.74) is 4.65. The number of aromatic amines is 1. The molecule has 1 aromatic heterocycles. The van der Waals surface area contributed by atoms with Crippen molar-refractivity contribution >= 4 is 28.4 Å². The second kappa shape index (κ2) is 7.45. The van der Waals surface area contributed by atoms with E-state index in [1.165, 1.54) is 31.4 Å². The topological polar surface area (TPSA) is 55.7 Å². The number of nitrogens with one attached hydrogen (secondary N) is 1. The van der Waals surface area contributed by atoms with Crippen LogP contribution in [-0.2, 0) is 0 Å². The van der Waals surface area contributed by atoms with Crippen LogP contribution in [0, 0.1) is 11.3 Å². The van der Waals surface area contributed by atoms with Crippen molar-refractivity contribution in [2.45, 2.75) is 25.7 Å². The highest BCUT2D eigenvalue weighted by molar-refractivity contribution is 5.90. The third-order valence-electron chi connectivity index (χ3n) is 4.94. The van der Waals surface area contributed by atoms with Crippen molar-refractivity contribution in [3.8, 4) is 6.07 Å². The van der Waals surface area contributed by atoms with Crippen LogP contribution in [0.15, 0.2) is 48.5 Å². The Labute approximate surface area is 153 Å². The molecule has 1 aliphatic rings. The van der Waals surface area contributed by atoms with Crippen LogP contribution in [0.2, 0.25) is 0 Å². The van der Waals surface area contributed by atoms with Gasteiger partial charge in [-0.3, -0.25) is 0 Å². The molecular formula is C22H22N4. The Balaban J connectivity index is 1.58. The molecule has 0 atom stereocenters. The molecule has 2 aromatic carbocycles. The van der Waals surface area contributed by atoms with Gasteiger partial charge >= 0.3 is 0 Å². The monoisotopic (exact) mass is 342 g/mol. The lowest BCUT2D eigenvalue weighted by atomic mass is 10.1. The molecule has 0 saturated carbocycles. The summed E-state index contributed by atoms with van der Waals surface area (Å²) < 4.78 is 0. The van der Waals surface area contributed by atoms with Crippen molar-refractivity contribution in [3.63, 3.8) is 0 Å². The van der Waals surface area contributed by atoms with E-state index in [0.717, 1.165) is 29.7 Å². The molecule has 130 valence electrons. The van der Waals surface area contributed by atoms with Crippen molar-refractivity contribution in [2.75, 3.05) is 18.0 Å². The molecule has 2 heterocycles. The first-order chi connectivity index (χ1) is 12.8. The molecule has 0 amide bonds. The first-order valence-corrected chi connectivity index (χ1v) is 9.25. The summed E-state index contributed by atoms with van der Waals surface area (Å²) in [6.07, 6.45) is 7.10. The number of nitrogens with zero attached hydrogens (tertiary/aromatic N) is 3. The highest BCUT2D eigenvalue weighted by atomic mass is 15.1. The van der Waals surface area contributed by atoms with Crippen molar-refractivity contribution < 1.29 is 0 Å². The maximum Gasteiger partial charge on any atom is 0.149 e. The number of hydrogen-bond donors (Lipinski definition) is 1. The first-order valence-electron chi connectivity index (χ1n) is 9.25. The van der Waals surface area contributed by atoms with E-state index in [1.807, 2.05) is 30.3 Å². The molecule has 0 bridgehead atoms. The summed E-state index contributed by atoms with van der Waals surface area (Å²) in [5, 5.41) is 9.57. The second-order valence-electron chi connectivity index (χ2n) is 6.77. The minimum atomic E-state index is 0.545. The molecule has 0 radical (unpaired) electrons. The molecule has 1 fully saturated rings. The van der Waals surface area contributed by atoms with Crippen LogP contribution in [0.4, 0.5) is 5.69 Å². The smallest absolute Gasteiger partial charge is 0.149 e. The largest absolute Gasteiger partial charge is 0.372 e. The van der Waals surface area contributed by atoms with Crippen LogP contribution in [0.1, 0.15) is 37.1 Å². The zero-order valence-electron chi connectivity index (χ0n) is 14.8. The second-order valence-corrected chi connectivity index (χ2v) is 6.77.